The van der Waals surface area contributed by atoms with Crippen LogP contribution in [0.3, 0.4) is 0 Å². The lowest BCUT2D eigenvalue weighted by Crippen LogP contribution is -2.37. The van der Waals surface area contributed by atoms with Crippen molar-refractivity contribution in [3.63, 3.8) is 0 Å². The van der Waals surface area contributed by atoms with Gasteiger partial charge in [-0.05, 0) is 83.5 Å². The van der Waals surface area contributed by atoms with Crippen molar-refractivity contribution in [3.8, 4) is 0 Å². The van der Waals surface area contributed by atoms with Crippen LogP contribution in [0.5, 0.6) is 0 Å². The molecular formula is C48H87NO8P+. The molecule has 0 heterocycles. The van der Waals surface area contributed by atoms with Gasteiger partial charge in [-0.1, -0.05) is 145 Å². The molecule has 0 aliphatic rings. The lowest BCUT2D eigenvalue weighted by molar-refractivity contribution is -0.870. The molecule has 0 aliphatic carbocycles. The van der Waals surface area contributed by atoms with Gasteiger partial charge < -0.3 is 18.9 Å². The van der Waals surface area contributed by atoms with Gasteiger partial charge in [0.05, 0.1) is 27.7 Å². The molecule has 0 spiro atoms. The molecule has 10 heteroatoms. The van der Waals surface area contributed by atoms with Gasteiger partial charge in [-0.2, -0.15) is 0 Å². The predicted octanol–water partition coefficient (Wildman–Crippen LogP) is 13.2. The number of likely N-dealkylation sites (N-methyl/N-ethyl adjacent to an activating group) is 1. The summed E-state index contributed by atoms with van der Waals surface area (Å²) in [5.41, 5.74) is 0. The highest BCUT2D eigenvalue weighted by molar-refractivity contribution is 7.47. The zero-order chi connectivity index (χ0) is 42.8. The van der Waals surface area contributed by atoms with Crippen LogP contribution in [0.2, 0.25) is 0 Å². The molecule has 9 nitrogen and oxygen atoms in total. The molecule has 0 aliphatic heterocycles. The highest BCUT2D eigenvalue weighted by Gasteiger charge is 2.27. The first-order valence-corrected chi connectivity index (χ1v) is 24.5. The molecule has 0 saturated carbocycles. The van der Waals surface area contributed by atoms with Crippen LogP contribution in [0.25, 0.3) is 0 Å². The molecule has 2 atom stereocenters. The molecule has 0 aromatic heterocycles. The molecular weight excluding hydrogens is 750 g/mol. The lowest BCUT2D eigenvalue weighted by Gasteiger charge is -2.24. The average molecular weight is 837 g/mol. The van der Waals surface area contributed by atoms with Crippen molar-refractivity contribution in [1.82, 2.24) is 0 Å². The number of ether oxygens (including phenoxy) is 2. The summed E-state index contributed by atoms with van der Waals surface area (Å²) in [6.07, 6.45) is 48.4. The number of hydrogen-bond acceptors (Lipinski definition) is 7. The van der Waals surface area contributed by atoms with E-state index in [1.54, 1.807) is 0 Å². The first-order chi connectivity index (χ1) is 28.0. The van der Waals surface area contributed by atoms with Crippen molar-refractivity contribution in [3.05, 3.63) is 60.8 Å². The molecule has 0 radical (unpaired) electrons. The number of rotatable bonds is 41. The van der Waals surface area contributed by atoms with E-state index < -0.39 is 26.5 Å². The summed E-state index contributed by atoms with van der Waals surface area (Å²) in [6, 6.07) is 0. The van der Waals surface area contributed by atoms with E-state index in [1.807, 2.05) is 21.1 Å². The van der Waals surface area contributed by atoms with Crippen LogP contribution in [0, 0.1) is 0 Å². The fourth-order valence-electron chi connectivity index (χ4n) is 5.87. The minimum Gasteiger partial charge on any atom is -0.462 e. The summed E-state index contributed by atoms with van der Waals surface area (Å²) in [4.78, 5) is 35.4. The second-order valence-electron chi connectivity index (χ2n) is 16.4. The van der Waals surface area contributed by atoms with Crippen molar-refractivity contribution in [1.29, 1.82) is 0 Å². The number of quaternary nitrogens is 1. The summed E-state index contributed by atoms with van der Waals surface area (Å²) in [5.74, 6) is -0.847. The topological polar surface area (TPSA) is 108 Å². The van der Waals surface area contributed by atoms with Crippen molar-refractivity contribution in [2.75, 3.05) is 47.5 Å². The van der Waals surface area contributed by atoms with E-state index in [0.29, 0.717) is 17.4 Å². The van der Waals surface area contributed by atoms with E-state index in [9.17, 15) is 19.0 Å². The van der Waals surface area contributed by atoms with Gasteiger partial charge >= 0.3 is 19.8 Å². The van der Waals surface area contributed by atoms with Gasteiger partial charge in [-0.3, -0.25) is 18.6 Å². The molecule has 0 aromatic rings. The van der Waals surface area contributed by atoms with Gasteiger partial charge in [0.2, 0.25) is 0 Å². The average Bonchev–Trinajstić information content (AvgIpc) is 3.17. The minimum absolute atomic E-state index is 0.0216. The Hall–Kier alpha value is -2.29. The monoisotopic (exact) mass is 837 g/mol. The molecule has 0 fully saturated rings. The van der Waals surface area contributed by atoms with E-state index >= 15 is 0 Å². The molecule has 0 amide bonds. The summed E-state index contributed by atoms with van der Waals surface area (Å²) >= 11 is 0. The van der Waals surface area contributed by atoms with Crippen molar-refractivity contribution in [2.24, 2.45) is 0 Å². The Balaban J connectivity index is 4.43. The Kier molecular flexibility index (Phi) is 38.5. The Morgan fingerprint density at radius 2 is 0.931 bits per heavy atom. The maximum atomic E-state index is 12.7. The first-order valence-electron chi connectivity index (χ1n) is 23.0. The van der Waals surface area contributed by atoms with Crippen LogP contribution in [0.1, 0.15) is 181 Å². The number of esters is 2. The molecule has 58 heavy (non-hydrogen) atoms. The van der Waals surface area contributed by atoms with Gasteiger partial charge in [0.25, 0.3) is 0 Å². The number of unbranched alkanes of at least 4 members (excludes halogenated alkanes) is 17. The SMILES string of the molecule is CCCCC/C=C\C/C=C\C/C=C\C/C=C\CCCCCC(=O)O[C@H](COC(=O)CCCCCCC/C=C\CCCCCCCC)COP(=O)(O)OCC[N+](C)(C)C. The summed E-state index contributed by atoms with van der Waals surface area (Å²) in [5, 5.41) is 0. The highest BCUT2D eigenvalue weighted by atomic mass is 31.2. The van der Waals surface area contributed by atoms with Gasteiger partial charge in [-0.25, -0.2) is 4.57 Å². The number of phosphoric acid groups is 1. The second kappa shape index (κ2) is 40.1. The molecule has 0 aromatic carbocycles. The van der Waals surface area contributed by atoms with Crippen LogP contribution in [-0.2, 0) is 32.7 Å². The van der Waals surface area contributed by atoms with E-state index in [0.717, 1.165) is 77.0 Å². The summed E-state index contributed by atoms with van der Waals surface area (Å²) < 4.78 is 34.3. The molecule has 336 valence electrons. The standard InChI is InChI=1S/C48H86NO8P/c1-6-8-10-12-14-16-18-20-22-23-24-25-27-29-31-33-35-37-39-41-48(51)57-46(45-56-58(52,53)55-43-42-49(3,4)5)44-54-47(50)40-38-36-34-32-30-28-26-21-19-17-15-13-11-9-7-2/h14,16,20-22,24-26,29,31,46H,6-13,15,17-19,23,27-28,30,32-45H2,1-5H3/p+1/b16-14-,22-20-,25-24-,26-21-,31-29-/t46-/m1/s1. The second-order valence-corrected chi connectivity index (χ2v) is 17.9. The van der Waals surface area contributed by atoms with Gasteiger partial charge in [0, 0.05) is 12.8 Å². The third kappa shape index (κ3) is 43.3. The number of carbonyl (C=O) groups excluding carboxylic acids is 2. The maximum Gasteiger partial charge on any atom is 0.472 e. The highest BCUT2D eigenvalue weighted by Crippen LogP contribution is 2.43. The lowest BCUT2D eigenvalue weighted by atomic mass is 10.1. The van der Waals surface area contributed by atoms with Crippen LogP contribution in [0.15, 0.2) is 60.8 Å². The zero-order valence-electron chi connectivity index (χ0n) is 37.8. The fraction of sp³-hybridized carbons (Fsp3) is 0.750. The van der Waals surface area contributed by atoms with Crippen molar-refractivity contribution in [2.45, 2.75) is 187 Å². The van der Waals surface area contributed by atoms with Crippen LogP contribution < -0.4 is 0 Å². The third-order valence-electron chi connectivity index (χ3n) is 9.52. The molecule has 0 saturated heterocycles. The Morgan fingerprint density at radius 1 is 0.534 bits per heavy atom. The predicted molar refractivity (Wildman–Crippen MR) is 243 cm³/mol. The number of allylic oxidation sites excluding steroid dienone is 10. The van der Waals surface area contributed by atoms with E-state index in [-0.39, 0.29) is 32.0 Å². The van der Waals surface area contributed by atoms with E-state index in [2.05, 4.69) is 74.6 Å². The quantitative estimate of drug-likeness (QED) is 0.0213. The molecule has 1 N–H and O–H groups in total. The maximum absolute atomic E-state index is 12.7. The summed E-state index contributed by atoms with van der Waals surface area (Å²) in [6.45, 7) is 4.33. The van der Waals surface area contributed by atoms with Gasteiger partial charge in [0.15, 0.2) is 6.10 Å². The smallest absolute Gasteiger partial charge is 0.462 e. The van der Waals surface area contributed by atoms with Crippen molar-refractivity contribution < 1.29 is 42.1 Å². The summed E-state index contributed by atoms with van der Waals surface area (Å²) in [7, 11) is 1.44. The molecule has 0 bridgehead atoms. The van der Waals surface area contributed by atoms with Crippen molar-refractivity contribution >= 4 is 19.8 Å². The van der Waals surface area contributed by atoms with E-state index in [4.69, 9.17) is 18.5 Å². The first kappa shape index (κ1) is 55.7. The van der Waals surface area contributed by atoms with E-state index in [1.165, 1.54) is 70.6 Å². The number of carbonyl (C=O) groups is 2. The Labute approximate surface area is 356 Å². The van der Waals surface area contributed by atoms with Gasteiger partial charge in [0.1, 0.15) is 19.8 Å². The van der Waals surface area contributed by atoms with Crippen LogP contribution >= 0.6 is 7.82 Å². The number of phosphoric ester groups is 1. The van der Waals surface area contributed by atoms with Crippen LogP contribution in [-0.4, -0.2) is 74.9 Å². The number of hydrogen-bond donors (Lipinski definition) is 1. The molecule has 0 rings (SSSR count). The molecule has 1 unspecified atom stereocenters. The zero-order valence-corrected chi connectivity index (χ0v) is 38.7. The minimum atomic E-state index is -4.39. The normalized spacial score (nSPS) is 14.1. The third-order valence-corrected chi connectivity index (χ3v) is 10.5. The van der Waals surface area contributed by atoms with Crippen LogP contribution in [0.4, 0.5) is 0 Å². The fourth-order valence-corrected chi connectivity index (χ4v) is 6.61. The Morgan fingerprint density at radius 3 is 1.45 bits per heavy atom. The Bertz CT molecular complexity index is 1170. The van der Waals surface area contributed by atoms with Gasteiger partial charge in [-0.15, -0.1) is 0 Å². The largest absolute Gasteiger partial charge is 0.472 e. The number of nitrogens with zero attached hydrogens (tertiary/aromatic N) is 1.